The fraction of sp³-hybridized carbons (Fsp3) is 0.900. The third kappa shape index (κ3) is 1.46. The molecule has 0 amide bonds. The zero-order valence-corrected chi connectivity index (χ0v) is 8.76. The number of rotatable bonds is 2. The molecule has 1 atom stereocenters. The first-order chi connectivity index (χ1) is 5.81. The molecule has 0 bridgehead atoms. The topological polar surface area (TPSA) is 46.5 Å². The van der Waals surface area contributed by atoms with Crippen LogP contribution in [0.1, 0.15) is 27.7 Å². The van der Waals surface area contributed by atoms with Crippen molar-refractivity contribution in [3.05, 3.63) is 0 Å². The minimum atomic E-state index is -0.724. The standard InChI is InChI=1S/C10H18O3/c1-7(8(11)12)10(5-13-6-10)9(2,3)4/h7H,5-6H2,1-4H3,(H,11,12). The number of carboxylic acid groups (broad SMARTS) is 1. The summed E-state index contributed by atoms with van der Waals surface area (Å²) < 4.78 is 5.17. The highest BCUT2D eigenvalue weighted by molar-refractivity contribution is 5.71. The van der Waals surface area contributed by atoms with E-state index in [1.165, 1.54) is 0 Å². The van der Waals surface area contributed by atoms with Crippen LogP contribution in [0.25, 0.3) is 0 Å². The summed E-state index contributed by atoms with van der Waals surface area (Å²) in [4.78, 5) is 10.9. The highest BCUT2D eigenvalue weighted by Gasteiger charge is 2.54. The van der Waals surface area contributed by atoms with Crippen molar-refractivity contribution in [3.8, 4) is 0 Å². The molecule has 1 saturated heterocycles. The summed E-state index contributed by atoms with van der Waals surface area (Å²) in [6, 6.07) is 0. The lowest BCUT2D eigenvalue weighted by molar-refractivity contribution is -0.208. The van der Waals surface area contributed by atoms with E-state index in [-0.39, 0.29) is 16.7 Å². The van der Waals surface area contributed by atoms with Crippen molar-refractivity contribution < 1.29 is 14.6 Å². The lowest BCUT2D eigenvalue weighted by Gasteiger charge is -2.53. The monoisotopic (exact) mass is 186 g/mol. The lowest BCUT2D eigenvalue weighted by atomic mass is 9.59. The van der Waals surface area contributed by atoms with Crippen LogP contribution in [0, 0.1) is 16.7 Å². The molecule has 1 fully saturated rings. The minimum absolute atomic E-state index is 0.0109. The molecule has 3 heteroatoms. The van der Waals surface area contributed by atoms with Crippen LogP contribution < -0.4 is 0 Å². The van der Waals surface area contributed by atoms with Gasteiger partial charge in [-0.05, 0) is 5.41 Å². The van der Waals surface area contributed by atoms with Crippen LogP contribution >= 0.6 is 0 Å². The van der Waals surface area contributed by atoms with E-state index >= 15 is 0 Å². The summed E-state index contributed by atoms with van der Waals surface area (Å²) in [6.45, 7) is 9.16. The van der Waals surface area contributed by atoms with Gasteiger partial charge in [0.15, 0.2) is 0 Å². The number of carbonyl (C=O) groups is 1. The van der Waals surface area contributed by atoms with Gasteiger partial charge in [-0.3, -0.25) is 4.79 Å². The Morgan fingerprint density at radius 1 is 1.46 bits per heavy atom. The van der Waals surface area contributed by atoms with Crippen LogP contribution in [-0.4, -0.2) is 24.3 Å². The summed E-state index contributed by atoms with van der Waals surface area (Å²) >= 11 is 0. The second-order valence-corrected chi connectivity index (χ2v) is 4.96. The molecule has 0 aromatic rings. The molecule has 0 radical (unpaired) electrons. The van der Waals surface area contributed by atoms with Gasteiger partial charge in [-0.1, -0.05) is 27.7 Å². The van der Waals surface area contributed by atoms with Crippen molar-refractivity contribution in [1.82, 2.24) is 0 Å². The van der Waals surface area contributed by atoms with Crippen molar-refractivity contribution in [2.45, 2.75) is 27.7 Å². The molecule has 1 aliphatic rings. The average Bonchev–Trinajstić information content (AvgIpc) is 1.80. The van der Waals surface area contributed by atoms with E-state index in [9.17, 15) is 4.79 Å². The van der Waals surface area contributed by atoms with Crippen molar-refractivity contribution in [2.24, 2.45) is 16.7 Å². The van der Waals surface area contributed by atoms with Crippen LogP contribution in [0.5, 0.6) is 0 Å². The molecule has 76 valence electrons. The fourth-order valence-corrected chi connectivity index (χ4v) is 1.89. The van der Waals surface area contributed by atoms with Crippen LogP contribution in [0.15, 0.2) is 0 Å². The number of carboxylic acids is 1. The van der Waals surface area contributed by atoms with Crippen molar-refractivity contribution in [1.29, 1.82) is 0 Å². The van der Waals surface area contributed by atoms with Gasteiger partial charge >= 0.3 is 5.97 Å². The molecule has 0 saturated carbocycles. The van der Waals surface area contributed by atoms with Crippen molar-refractivity contribution in [2.75, 3.05) is 13.2 Å². The first-order valence-electron chi connectivity index (χ1n) is 4.62. The Balaban J connectivity index is 2.88. The molecule has 1 aliphatic heterocycles. The maximum absolute atomic E-state index is 10.9. The second kappa shape index (κ2) is 2.98. The normalized spacial score (nSPS) is 23.4. The summed E-state index contributed by atoms with van der Waals surface area (Å²) in [5.41, 5.74) is -0.193. The zero-order chi connectivity index (χ0) is 10.3. The maximum atomic E-state index is 10.9. The van der Waals surface area contributed by atoms with Crippen LogP contribution in [0.2, 0.25) is 0 Å². The Hall–Kier alpha value is -0.570. The van der Waals surface area contributed by atoms with E-state index < -0.39 is 5.97 Å². The van der Waals surface area contributed by atoms with Gasteiger partial charge < -0.3 is 9.84 Å². The Morgan fingerprint density at radius 3 is 2.00 bits per heavy atom. The fourth-order valence-electron chi connectivity index (χ4n) is 1.89. The van der Waals surface area contributed by atoms with Gasteiger partial charge in [0.2, 0.25) is 0 Å². The molecule has 1 unspecified atom stereocenters. The first kappa shape index (κ1) is 10.5. The van der Waals surface area contributed by atoms with E-state index in [2.05, 4.69) is 20.8 Å². The minimum Gasteiger partial charge on any atom is -0.481 e. The summed E-state index contributed by atoms with van der Waals surface area (Å²) in [6.07, 6.45) is 0. The second-order valence-electron chi connectivity index (χ2n) is 4.96. The number of aliphatic carboxylic acids is 1. The molecule has 1 rings (SSSR count). The smallest absolute Gasteiger partial charge is 0.306 e. The van der Waals surface area contributed by atoms with E-state index in [1.54, 1.807) is 6.92 Å². The van der Waals surface area contributed by atoms with Gasteiger partial charge in [-0.15, -0.1) is 0 Å². The van der Waals surface area contributed by atoms with Gasteiger partial charge in [0.25, 0.3) is 0 Å². The van der Waals surface area contributed by atoms with E-state index in [4.69, 9.17) is 9.84 Å². The Bertz CT molecular complexity index is 211. The highest BCUT2D eigenvalue weighted by atomic mass is 16.5. The third-order valence-corrected chi connectivity index (χ3v) is 3.41. The van der Waals surface area contributed by atoms with Gasteiger partial charge in [-0.2, -0.15) is 0 Å². The van der Waals surface area contributed by atoms with Gasteiger partial charge in [-0.25, -0.2) is 0 Å². The highest BCUT2D eigenvalue weighted by Crippen LogP contribution is 2.50. The Morgan fingerprint density at radius 2 is 1.92 bits per heavy atom. The summed E-state index contributed by atoms with van der Waals surface area (Å²) in [5, 5.41) is 8.99. The molecule has 1 heterocycles. The Kier molecular flexibility index (Phi) is 2.41. The van der Waals surface area contributed by atoms with E-state index in [0.29, 0.717) is 13.2 Å². The number of ether oxygens (including phenoxy) is 1. The molecular formula is C10H18O3. The molecule has 13 heavy (non-hydrogen) atoms. The molecule has 0 aliphatic carbocycles. The Labute approximate surface area is 79.1 Å². The first-order valence-corrected chi connectivity index (χ1v) is 4.62. The van der Waals surface area contributed by atoms with E-state index in [0.717, 1.165) is 0 Å². The van der Waals surface area contributed by atoms with Crippen LogP contribution in [0.4, 0.5) is 0 Å². The van der Waals surface area contributed by atoms with E-state index in [1.807, 2.05) is 0 Å². The SMILES string of the molecule is CC(C(=O)O)C1(C(C)(C)C)COC1. The average molecular weight is 186 g/mol. The zero-order valence-electron chi connectivity index (χ0n) is 8.76. The van der Waals surface area contributed by atoms with Crippen LogP contribution in [0.3, 0.4) is 0 Å². The predicted molar refractivity (Wildman–Crippen MR) is 49.5 cm³/mol. The lowest BCUT2D eigenvalue weighted by Crippen LogP contribution is -2.57. The van der Waals surface area contributed by atoms with Gasteiger partial charge in [0.05, 0.1) is 19.1 Å². The largest absolute Gasteiger partial charge is 0.481 e. The summed E-state index contributed by atoms with van der Waals surface area (Å²) in [7, 11) is 0. The predicted octanol–water partition coefficient (Wildman–Crippen LogP) is 1.77. The molecule has 3 nitrogen and oxygen atoms in total. The third-order valence-electron chi connectivity index (χ3n) is 3.41. The van der Waals surface area contributed by atoms with Crippen LogP contribution in [-0.2, 0) is 9.53 Å². The molecule has 0 aromatic carbocycles. The number of hydrogen-bond acceptors (Lipinski definition) is 2. The maximum Gasteiger partial charge on any atom is 0.306 e. The molecule has 1 N–H and O–H groups in total. The van der Waals surface area contributed by atoms with Gasteiger partial charge in [0, 0.05) is 5.41 Å². The number of hydrogen-bond donors (Lipinski definition) is 1. The van der Waals surface area contributed by atoms with Crippen molar-refractivity contribution >= 4 is 5.97 Å². The summed E-state index contributed by atoms with van der Waals surface area (Å²) in [5.74, 6) is -1.06. The molecule has 0 spiro atoms. The molecular weight excluding hydrogens is 168 g/mol. The molecule has 0 aromatic heterocycles. The quantitative estimate of drug-likeness (QED) is 0.715. The van der Waals surface area contributed by atoms with Crippen molar-refractivity contribution in [3.63, 3.8) is 0 Å². The van der Waals surface area contributed by atoms with Gasteiger partial charge in [0.1, 0.15) is 0 Å².